The van der Waals surface area contributed by atoms with Gasteiger partial charge in [-0.3, -0.25) is 9.79 Å². The third kappa shape index (κ3) is 10.4. The summed E-state index contributed by atoms with van der Waals surface area (Å²) in [6, 6.07) is 7.81. The van der Waals surface area contributed by atoms with Gasteiger partial charge in [-0.2, -0.15) is 0 Å². The number of halogens is 2. The number of rotatable bonds is 8. The summed E-state index contributed by atoms with van der Waals surface area (Å²) in [5.41, 5.74) is 1.18. The van der Waals surface area contributed by atoms with Crippen molar-refractivity contribution in [1.29, 1.82) is 0 Å². The Kier molecular flexibility index (Phi) is 12.8. The zero-order valence-electron chi connectivity index (χ0n) is 13.6. The topological polar surface area (TPSA) is 62.7 Å². The summed E-state index contributed by atoms with van der Waals surface area (Å²) < 4.78 is 4.88. The second-order valence-corrected chi connectivity index (χ2v) is 5.15. The normalized spacial score (nSPS) is 10.7. The number of aliphatic imine (C=N–C) groups is 1. The SMILES string of the molecule is CCOC(=O)CCCNC(=NC)NCCc1cccc(Cl)c1.I. The van der Waals surface area contributed by atoms with Crippen LogP contribution in [0.3, 0.4) is 0 Å². The summed E-state index contributed by atoms with van der Waals surface area (Å²) in [5, 5.41) is 7.15. The fourth-order valence-electron chi connectivity index (χ4n) is 1.91. The van der Waals surface area contributed by atoms with Crippen LogP contribution < -0.4 is 10.6 Å². The lowest BCUT2D eigenvalue weighted by Gasteiger charge is -2.11. The van der Waals surface area contributed by atoms with E-state index < -0.39 is 0 Å². The number of guanidine groups is 1. The molecule has 0 heterocycles. The first-order valence-electron chi connectivity index (χ1n) is 7.50. The van der Waals surface area contributed by atoms with Crippen molar-refractivity contribution < 1.29 is 9.53 Å². The van der Waals surface area contributed by atoms with Crippen LogP contribution in [0.25, 0.3) is 0 Å². The number of nitrogens with one attached hydrogen (secondary N) is 2. The molecule has 0 spiro atoms. The van der Waals surface area contributed by atoms with Crippen LogP contribution in [0.1, 0.15) is 25.3 Å². The predicted molar refractivity (Wildman–Crippen MR) is 106 cm³/mol. The summed E-state index contributed by atoms with van der Waals surface area (Å²) in [6.07, 6.45) is 2.00. The molecule has 1 rings (SSSR count). The van der Waals surface area contributed by atoms with Crippen LogP contribution in [0.15, 0.2) is 29.3 Å². The predicted octanol–water partition coefficient (Wildman–Crippen LogP) is 3.01. The molecule has 0 bridgehead atoms. The number of hydrogen-bond donors (Lipinski definition) is 2. The highest BCUT2D eigenvalue weighted by Gasteiger charge is 2.02. The van der Waals surface area contributed by atoms with Gasteiger partial charge in [0.25, 0.3) is 0 Å². The van der Waals surface area contributed by atoms with Crippen molar-refractivity contribution in [1.82, 2.24) is 10.6 Å². The number of nitrogens with zero attached hydrogens (tertiary/aromatic N) is 1. The minimum atomic E-state index is -0.159. The van der Waals surface area contributed by atoms with E-state index in [-0.39, 0.29) is 29.9 Å². The Hall–Kier alpha value is -1.02. The van der Waals surface area contributed by atoms with Crippen LogP contribution in [-0.2, 0) is 16.0 Å². The minimum Gasteiger partial charge on any atom is -0.466 e. The number of carbonyl (C=O) groups excluding carboxylic acids is 1. The van der Waals surface area contributed by atoms with Gasteiger partial charge in [0.15, 0.2) is 5.96 Å². The Morgan fingerprint density at radius 1 is 1.30 bits per heavy atom. The van der Waals surface area contributed by atoms with E-state index >= 15 is 0 Å². The number of esters is 1. The average Bonchev–Trinajstić information content (AvgIpc) is 2.50. The average molecular weight is 454 g/mol. The Morgan fingerprint density at radius 3 is 2.70 bits per heavy atom. The smallest absolute Gasteiger partial charge is 0.305 e. The summed E-state index contributed by atoms with van der Waals surface area (Å²) in [6.45, 7) is 3.67. The lowest BCUT2D eigenvalue weighted by Crippen LogP contribution is -2.38. The van der Waals surface area contributed by atoms with Crippen molar-refractivity contribution in [2.24, 2.45) is 4.99 Å². The molecular weight excluding hydrogens is 429 g/mol. The highest BCUT2D eigenvalue weighted by atomic mass is 127. The fourth-order valence-corrected chi connectivity index (χ4v) is 2.12. The number of benzene rings is 1. The first-order valence-corrected chi connectivity index (χ1v) is 7.88. The van der Waals surface area contributed by atoms with Crippen molar-refractivity contribution in [3.8, 4) is 0 Å². The molecule has 130 valence electrons. The maximum absolute atomic E-state index is 11.2. The third-order valence-corrected chi connectivity index (χ3v) is 3.21. The molecule has 1 aromatic rings. The molecule has 0 aromatic heterocycles. The molecule has 2 N–H and O–H groups in total. The van der Waals surface area contributed by atoms with Gasteiger partial charge in [-0.15, -0.1) is 24.0 Å². The van der Waals surface area contributed by atoms with Crippen LogP contribution in [0, 0.1) is 0 Å². The molecule has 0 aliphatic rings. The quantitative estimate of drug-likeness (QED) is 0.209. The van der Waals surface area contributed by atoms with Crippen LogP contribution in [0.5, 0.6) is 0 Å². The van der Waals surface area contributed by atoms with E-state index in [1.807, 2.05) is 31.2 Å². The molecule has 0 unspecified atom stereocenters. The molecule has 0 amide bonds. The van der Waals surface area contributed by atoms with Gasteiger partial charge in [0.2, 0.25) is 0 Å². The molecule has 5 nitrogen and oxygen atoms in total. The van der Waals surface area contributed by atoms with E-state index in [4.69, 9.17) is 16.3 Å². The molecule has 0 atom stereocenters. The number of carbonyl (C=O) groups is 1. The zero-order chi connectivity index (χ0) is 16.2. The Labute approximate surface area is 160 Å². The maximum Gasteiger partial charge on any atom is 0.305 e. The van der Waals surface area contributed by atoms with Gasteiger partial charge in [-0.1, -0.05) is 23.7 Å². The fraction of sp³-hybridized carbons (Fsp3) is 0.500. The molecule has 0 aliphatic carbocycles. The Balaban J connectivity index is 0.00000484. The van der Waals surface area contributed by atoms with E-state index in [0.717, 1.165) is 23.9 Å². The molecular formula is C16H25ClIN3O2. The summed E-state index contributed by atoms with van der Waals surface area (Å²) >= 11 is 5.95. The van der Waals surface area contributed by atoms with E-state index in [0.29, 0.717) is 26.0 Å². The monoisotopic (exact) mass is 453 g/mol. The molecule has 0 saturated carbocycles. The Morgan fingerprint density at radius 2 is 2.04 bits per heavy atom. The molecule has 23 heavy (non-hydrogen) atoms. The molecule has 0 saturated heterocycles. The van der Waals surface area contributed by atoms with E-state index in [1.54, 1.807) is 7.05 Å². The van der Waals surface area contributed by atoms with Crippen molar-refractivity contribution >= 4 is 47.5 Å². The molecule has 0 radical (unpaired) electrons. The maximum atomic E-state index is 11.2. The van der Waals surface area contributed by atoms with Crippen molar-refractivity contribution in [3.63, 3.8) is 0 Å². The van der Waals surface area contributed by atoms with E-state index in [9.17, 15) is 4.79 Å². The second-order valence-electron chi connectivity index (χ2n) is 4.71. The summed E-state index contributed by atoms with van der Waals surface area (Å²) in [7, 11) is 1.72. The second kappa shape index (κ2) is 13.4. The van der Waals surface area contributed by atoms with Gasteiger partial charge in [-0.05, 0) is 37.5 Å². The van der Waals surface area contributed by atoms with Gasteiger partial charge in [0.05, 0.1) is 6.61 Å². The van der Waals surface area contributed by atoms with Gasteiger partial charge in [0, 0.05) is 31.6 Å². The lowest BCUT2D eigenvalue weighted by atomic mass is 10.1. The third-order valence-electron chi connectivity index (χ3n) is 2.97. The van der Waals surface area contributed by atoms with Crippen molar-refractivity contribution in [3.05, 3.63) is 34.9 Å². The van der Waals surface area contributed by atoms with Gasteiger partial charge < -0.3 is 15.4 Å². The highest BCUT2D eigenvalue weighted by molar-refractivity contribution is 14.0. The van der Waals surface area contributed by atoms with Crippen LogP contribution in [-0.4, -0.2) is 38.7 Å². The van der Waals surface area contributed by atoms with Crippen LogP contribution in [0.4, 0.5) is 0 Å². The first kappa shape index (κ1) is 22.0. The minimum absolute atomic E-state index is 0. The Bertz CT molecular complexity index is 498. The molecule has 0 fully saturated rings. The van der Waals surface area contributed by atoms with Crippen molar-refractivity contribution in [2.45, 2.75) is 26.2 Å². The zero-order valence-corrected chi connectivity index (χ0v) is 16.7. The molecule has 0 aliphatic heterocycles. The number of hydrogen-bond acceptors (Lipinski definition) is 3. The highest BCUT2D eigenvalue weighted by Crippen LogP contribution is 2.10. The largest absolute Gasteiger partial charge is 0.466 e. The standard InChI is InChI=1S/C16H24ClN3O2.HI/c1-3-22-15(21)8-5-10-19-16(18-2)20-11-9-13-6-4-7-14(17)12-13;/h4,6-7,12H,3,5,8-11H2,1-2H3,(H2,18,19,20);1H. The van der Waals surface area contributed by atoms with E-state index in [2.05, 4.69) is 15.6 Å². The van der Waals surface area contributed by atoms with Crippen LogP contribution >= 0.6 is 35.6 Å². The van der Waals surface area contributed by atoms with Gasteiger partial charge in [0.1, 0.15) is 0 Å². The molecule has 1 aromatic carbocycles. The lowest BCUT2D eigenvalue weighted by molar-refractivity contribution is -0.143. The van der Waals surface area contributed by atoms with Crippen LogP contribution in [0.2, 0.25) is 5.02 Å². The first-order chi connectivity index (χ1) is 10.7. The van der Waals surface area contributed by atoms with Crippen molar-refractivity contribution in [2.75, 3.05) is 26.7 Å². The summed E-state index contributed by atoms with van der Waals surface area (Å²) in [5.74, 6) is 0.569. The summed E-state index contributed by atoms with van der Waals surface area (Å²) in [4.78, 5) is 15.3. The van der Waals surface area contributed by atoms with E-state index in [1.165, 1.54) is 5.56 Å². The van der Waals surface area contributed by atoms with Gasteiger partial charge in [-0.25, -0.2) is 0 Å². The van der Waals surface area contributed by atoms with Gasteiger partial charge >= 0.3 is 5.97 Å². The number of ether oxygens (including phenoxy) is 1. The molecule has 7 heteroatoms.